The normalized spacial score (nSPS) is 36.7. The minimum Gasteiger partial charge on any atom is -0.381 e. The molecular formula is C21H34N2OS. The molecule has 0 amide bonds. The van der Waals surface area contributed by atoms with Crippen molar-refractivity contribution in [3.8, 4) is 0 Å². The van der Waals surface area contributed by atoms with Crippen molar-refractivity contribution in [2.75, 3.05) is 46.9 Å². The highest BCUT2D eigenvalue weighted by Gasteiger charge is 2.47. The van der Waals surface area contributed by atoms with Crippen LogP contribution in [0.1, 0.15) is 49.8 Å². The van der Waals surface area contributed by atoms with E-state index < -0.39 is 0 Å². The van der Waals surface area contributed by atoms with Gasteiger partial charge < -0.3 is 9.64 Å². The van der Waals surface area contributed by atoms with E-state index in [4.69, 9.17) is 4.74 Å². The zero-order valence-corrected chi connectivity index (χ0v) is 16.8. The number of likely N-dealkylation sites (tertiary alicyclic amines) is 1. The van der Waals surface area contributed by atoms with Crippen LogP contribution in [0, 0.1) is 11.3 Å². The Morgan fingerprint density at radius 2 is 2.08 bits per heavy atom. The summed E-state index contributed by atoms with van der Waals surface area (Å²) in [4.78, 5) is 6.83. The highest BCUT2D eigenvalue weighted by atomic mass is 32.1. The number of ether oxygens (including phenoxy) is 1. The van der Waals surface area contributed by atoms with Crippen molar-refractivity contribution < 1.29 is 4.74 Å². The average Bonchev–Trinajstić information content (AvgIpc) is 3.37. The lowest BCUT2D eigenvalue weighted by molar-refractivity contribution is 0.0405. The molecule has 1 aromatic rings. The zero-order valence-electron chi connectivity index (χ0n) is 16.0. The number of rotatable bonds is 5. The molecule has 1 saturated carbocycles. The van der Waals surface area contributed by atoms with Gasteiger partial charge in [-0.2, -0.15) is 0 Å². The third-order valence-corrected chi connectivity index (χ3v) is 8.43. The largest absolute Gasteiger partial charge is 0.381 e. The van der Waals surface area contributed by atoms with Crippen LogP contribution < -0.4 is 0 Å². The monoisotopic (exact) mass is 362 g/mol. The molecule has 1 spiro atoms. The molecule has 1 aliphatic carbocycles. The van der Waals surface area contributed by atoms with Crippen LogP contribution in [0.3, 0.4) is 0 Å². The predicted molar refractivity (Wildman–Crippen MR) is 105 cm³/mol. The van der Waals surface area contributed by atoms with Crippen molar-refractivity contribution in [2.45, 2.75) is 50.5 Å². The molecule has 3 nitrogen and oxygen atoms in total. The van der Waals surface area contributed by atoms with E-state index in [9.17, 15) is 0 Å². The Hall–Kier alpha value is -0.420. The molecule has 3 aliphatic rings. The molecule has 0 N–H and O–H groups in total. The summed E-state index contributed by atoms with van der Waals surface area (Å²) in [6.45, 7) is 5.95. The molecule has 1 atom stereocenters. The second kappa shape index (κ2) is 7.30. The Bertz CT molecular complexity index is 542. The highest BCUT2D eigenvalue weighted by Crippen LogP contribution is 2.52. The van der Waals surface area contributed by atoms with Gasteiger partial charge in [0.25, 0.3) is 0 Å². The summed E-state index contributed by atoms with van der Waals surface area (Å²) >= 11 is 1.95. The second-order valence-electron chi connectivity index (χ2n) is 8.95. The van der Waals surface area contributed by atoms with Crippen LogP contribution >= 0.6 is 11.3 Å². The lowest BCUT2D eigenvalue weighted by Gasteiger charge is -2.48. The van der Waals surface area contributed by atoms with E-state index in [-0.39, 0.29) is 5.54 Å². The molecule has 4 heteroatoms. The molecule has 0 aromatic carbocycles. The predicted octanol–water partition coefficient (Wildman–Crippen LogP) is 4.20. The Morgan fingerprint density at radius 3 is 2.72 bits per heavy atom. The van der Waals surface area contributed by atoms with Gasteiger partial charge in [0.15, 0.2) is 0 Å². The Morgan fingerprint density at radius 1 is 1.24 bits per heavy atom. The topological polar surface area (TPSA) is 15.7 Å². The SMILES string of the molecule is CN(C)C1(c2cccs2)CCC2(CCN(CCC3CCOC3)C2)CC1. The second-order valence-corrected chi connectivity index (χ2v) is 9.90. The number of hydrogen-bond donors (Lipinski definition) is 0. The highest BCUT2D eigenvalue weighted by molar-refractivity contribution is 7.10. The fourth-order valence-electron chi connectivity index (χ4n) is 5.45. The molecule has 1 aromatic heterocycles. The number of thiophene rings is 1. The molecule has 4 rings (SSSR count). The number of hydrogen-bond acceptors (Lipinski definition) is 4. The van der Waals surface area contributed by atoms with Crippen LogP contribution in [-0.4, -0.2) is 56.7 Å². The van der Waals surface area contributed by atoms with Crippen molar-refractivity contribution in [2.24, 2.45) is 11.3 Å². The summed E-state index contributed by atoms with van der Waals surface area (Å²) in [5, 5.41) is 2.25. The first-order chi connectivity index (χ1) is 12.1. The lowest BCUT2D eigenvalue weighted by atomic mass is 9.66. The molecule has 140 valence electrons. The Kier molecular flexibility index (Phi) is 5.25. The summed E-state index contributed by atoms with van der Waals surface area (Å²) in [5.41, 5.74) is 0.886. The van der Waals surface area contributed by atoms with Gasteiger partial charge in [-0.15, -0.1) is 11.3 Å². The fraction of sp³-hybridized carbons (Fsp3) is 0.810. The molecule has 2 aliphatic heterocycles. The van der Waals surface area contributed by atoms with Gasteiger partial charge >= 0.3 is 0 Å². The first-order valence-corrected chi connectivity index (χ1v) is 11.0. The quantitative estimate of drug-likeness (QED) is 0.781. The van der Waals surface area contributed by atoms with E-state index in [2.05, 4.69) is 41.4 Å². The number of nitrogens with zero attached hydrogens (tertiary/aromatic N) is 2. The van der Waals surface area contributed by atoms with Crippen molar-refractivity contribution >= 4 is 11.3 Å². The zero-order chi connectivity index (χ0) is 17.3. The third kappa shape index (κ3) is 3.55. The van der Waals surface area contributed by atoms with Crippen LogP contribution in [0.25, 0.3) is 0 Å². The molecule has 25 heavy (non-hydrogen) atoms. The van der Waals surface area contributed by atoms with Gasteiger partial charge in [-0.3, -0.25) is 4.90 Å². The van der Waals surface area contributed by atoms with Gasteiger partial charge in [-0.1, -0.05) is 6.07 Å². The van der Waals surface area contributed by atoms with Crippen molar-refractivity contribution in [1.29, 1.82) is 0 Å². The molecule has 3 heterocycles. The van der Waals surface area contributed by atoms with Crippen molar-refractivity contribution in [3.05, 3.63) is 22.4 Å². The van der Waals surface area contributed by atoms with Gasteiger partial charge in [-0.05, 0) is 94.9 Å². The lowest BCUT2D eigenvalue weighted by Crippen LogP contribution is -2.47. The van der Waals surface area contributed by atoms with Gasteiger partial charge in [0.2, 0.25) is 0 Å². The van der Waals surface area contributed by atoms with Gasteiger partial charge in [0.05, 0.1) is 5.54 Å². The van der Waals surface area contributed by atoms with E-state index in [1.807, 2.05) is 11.3 Å². The minimum absolute atomic E-state index is 0.286. The summed E-state index contributed by atoms with van der Waals surface area (Å²) in [5.74, 6) is 0.822. The summed E-state index contributed by atoms with van der Waals surface area (Å²) in [7, 11) is 4.56. The smallest absolute Gasteiger partial charge is 0.0549 e. The van der Waals surface area contributed by atoms with Gasteiger partial charge in [0.1, 0.15) is 0 Å². The maximum absolute atomic E-state index is 5.54. The maximum atomic E-state index is 5.54. The maximum Gasteiger partial charge on any atom is 0.0549 e. The fourth-order valence-corrected chi connectivity index (χ4v) is 6.52. The van der Waals surface area contributed by atoms with Crippen LogP contribution in [0.2, 0.25) is 0 Å². The molecule has 3 fully saturated rings. The third-order valence-electron chi connectivity index (χ3n) is 7.37. The van der Waals surface area contributed by atoms with E-state index in [0.717, 1.165) is 19.1 Å². The van der Waals surface area contributed by atoms with Gasteiger partial charge in [-0.25, -0.2) is 0 Å². The summed E-state index contributed by atoms with van der Waals surface area (Å²) < 4.78 is 5.54. The first kappa shape index (κ1) is 18.0. The molecular weight excluding hydrogens is 328 g/mol. The van der Waals surface area contributed by atoms with Crippen LogP contribution in [0.4, 0.5) is 0 Å². The first-order valence-electron chi connectivity index (χ1n) is 10.1. The van der Waals surface area contributed by atoms with E-state index in [1.54, 1.807) is 4.88 Å². The Balaban J connectivity index is 1.34. The van der Waals surface area contributed by atoms with Crippen molar-refractivity contribution in [3.63, 3.8) is 0 Å². The minimum atomic E-state index is 0.286. The summed E-state index contributed by atoms with van der Waals surface area (Å²) in [6, 6.07) is 4.58. The average molecular weight is 363 g/mol. The Labute approximate surface area is 157 Å². The van der Waals surface area contributed by atoms with Crippen LogP contribution in [0.5, 0.6) is 0 Å². The van der Waals surface area contributed by atoms with Gasteiger partial charge in [0, 0.05) is 24.6 Å². The van der Waals surface area contributed by atoms with E-state index >= 15 is 0 Å². The van der Waals surface area contributed by atoms with E-state index in [0.29, 0.717) is 5.41 Å². The molecule has 0 bridgehead atoms. The molecule has 2 saturated heterocycles. The van der Waals surface area contributed by atoms with Crippen molar-refractivity contribution in [1.82, 2.24) is 9.80 Å². The van der Waals surface area contributed by atoms with Crippen LogP contribution in [-0.2, 0) is 10.3 Å². The van der Waals surface area contributed by atoms with Crippen LogP contribution in [0.15, 0.2) is 17.5 Å². The molecule has 1 unspecified atom stereocenters. The van der Waals surface area contributed by atoms with E-state index in [1.165, 1.54) is 64.6 Å². The summed E-state index contributed by atoms with van der Waals surface area (Å²) in [6.07, 6.45) is 9.48. The standard InChI is InChI=1S/C21H34N2OS/c1-22(2)21(19-4-3-15-25-19)9-7-20(8-10-21)11-13-23(17-20)12-5-18-6-14-24-16-18/h3-4,15,18H,5-14,16-17H2,1-2H3. The molecule has 0 radical (unpaired) electrons.